The molecule has 0 heterocycles. The van der Waals surface area contributed by atoms with Crippen LogP contribution in [0.4, 0.5) is 5.69 Å². The number of halogens is 1. The molecule has 0 aliphatic heterocycles. The lowest BCUT2D eigenvalue weighted by molar-refractivity contribution is -0.384. The maximum Gasteiger partial charge on any atom is 0.270 e. The summed E-state index contributed by atoms with van der Waals surface area (Å²) in [7, 11) is 0. The molecule has 0 spiro atoms. The molecule has 1 aromatic carbocycles. The van der Waals surface area contributed by atoms with E-state index in [0.717, 1.165) is 0 Å². The molecule has 14 heavy (non-hydrogen) atoms. The van der Waals surface area contributed by atoms with Crippen LogP contribution < -0.4 is 0 Å². The highest BCUT2D eigenvalue weighted by molar-refractivity contribution is 6.33. The Balaban J connectivity index is 3.08. The molecule has 0 saturated carbocycles. The molecule has 0 unspecified atom stereocenters. The Bertz CT molecular complexity index is 435. The highest BCUT2D eigenvalue weighted by Gasteiger charge is 2.04. The molecule has 1 aromatic rings. The van der Waals surface area contributed by atoms with Crippen molar-refractivity contribution >= 4 is 23.4 Å². The van der Waals surface area contributed by atoms with Gasteiger partial charge in [0.1, 0.15) is 11.1 Å². The van der Waals surface area contributed by atoms with E-state index in [4.69, 9.17) is 16.9 Å². The second-order valence-electron chi connectivity index (χ2n) is 2.46. The quantitative estimate of drug-likeness (QED) is 0.426. The SMILES string of the molecule is N#C/C(Cl)=C/c1cccc([N+](=O)[O-])c1. The topological polar surface area (TPSA) is 66.9 Å². The van der Waals surface area contributed by atoms with Crippen LogP contribution in [0, 0.1) is 21.4 Å². The fourth-order valence-electron chi connectivity index (χ4n) is 0.907. The van der Waals surface area contributed by atoms with Crippen LogP contribution in [0.25, 0.3) is 6.08 Å². The average Bonchev–Trinajstić information content (AvgIpc) is 2.18. The van der Waals surface area contributed by atoms with E-state index in [9.17, 15) is 10.1 Å². The monoisotopic (exact) mass is 208 g/mol. The Kier molecular flexibility index (Phi) is 3.21. The number of nitriles is 1. The molecule has 0 amide bonds. The van der Waals surface area contributed by atoms with Gasteiger partial charge >= 0.3 is 0 Å². The molecule has 0 bridgehead atoms. The van der Waals surface area contributed by atoms with Crippen molar-refractivity contribution in [2.24, 2.45) is 0 Å². The van der Waals surface area contributed by atoms with Crippen LogP contribution in [0.3, 0.4) is 0 Å². The normalized spacial score (nSPS) is 10.7. The second kappa shape index (κ2) is 4.40. The third-order valence-electron chi connectivity index (χ3n) is 1.48. The first-order valence-corrected chi connectivity index (χ1v) is 4.03. The van der Waals surface area contributed by atoms with E-state index in [1.807, 2.05) is 0 Å². The predicted molar refractivity (Wildman–Crippen MR) is 52.5 cm³/mol. The number of nitro groups is 1. The van der Waals surface area contributed by atoms with Crippen molar-refractivity contribution < 1.29 is 4.92 Å². The van der Waals surface area contributed by atoms with Crippen molar-refractivity contribution in [3.63, 3.8) is 0 Å². The largest absolute Gasteiger partial charge is 0.270 e. The van der Waals surface area contributed by atoms with E-state index in [1.165, 1.54) is 24.3 Å². The smallest absolute Gasteiger partial charge is 0.258 e. The van der Waals surface area contributed by atoms with Gasteiger partial charge in [-0.1, -0.05) is 23.7 Å². The summed E-state index contributed by atoms with van der Waals surface area (Å²) in [5.74, 6) is 0. The van der Waals surface area contributed by atoms with Gasteiger partial charge in [-0.25, -0.2) is 0 Å². The molecule has 70 valence electrons. The molecule has 4 nitrogen and oxygen atoms in total. The first-order valence-electron chi connectivity index (χ1n) is 3.65. The highest BCUT2D eigenvalue weighted by atomic mass is 35.5. The lowest BCUT2D eigenvalue weighted by Crippen LogP contribution is -1.87. The van der Waals surface area contributed by atoms with Crippen LogP contribution in [0.1, 0.15) is 5.56 Å². The van der Waals surface area contributed by atoms with Crippen LogP contribution >= 0.6 is 11.6 Å². The van der Waals surface area contributed by atoms with E-state index < -0.39 is 4.92 Å². The van der Waals surface area contributed by atoms with Gasteiger partial charge < -0.3 is 0 Å². The molecule has 0 aliphatic rings. The summed E-state index contributed by atoms with van der Waals surface area (Å²) in [6.07, 6.45) is 1.37. The maximum atomic E-state index is 10.4. The molecule has 0 saturated heterocycles. The molecule has 0 fully saturated rings. The van der Waals surface area contributed by atoms with Gasteiger partial charge in [-0.15, -0.1) is 0 Å². The summed E-state index contributed by atoms with van der Waals surface area (Å²) in [6.45, 7) is 0. The third-order valence-corrected chi connectivity index (χ3v) is 1.67. The first kappa shape index (κ1) is 10.2. The molecule has 1 rings (SSSR count). The molecule has 0 aromatic heterocycles. The molecule has 0 N–H and O–H groups in total. The Labute approximate surface area is 85.2 Å². The van der Waals surface area contributed by atoms with Crippen LogP contribution in [-0.2, 0) is 0 Å². The number of rotatable bonds is 2. The summed E-state index contributed by atoms with van der Waals surface area (Å²) in [6, 6.07) is 7.60. The Morgan fingerprint density at radius 2 is 2.36 bits per heavy atom. The molecule has 0 radical (unpaired) electrons. The summed E-state index contributed by atoms with van der Waals surface area (Å²) in [4.78, 5) is 9.89. The zero-order valence-electron chi connectivity index (χ0n) is 6.98. The standard InChI is InChI=1S/C9H5ClN2O2/c10-8(6-11)4-7-2-1-3-9(5-7)12(13)14/h1-5H/b8-4-. The minimum atomic E-state index is -0.502. The van der Waals surface area contributed by atoms with Crippen LogP contribution in [0.15, 0.2) is 29.3 Å². The molecular weight excluding hydrogens is 204 g/mol. The molecule has 0 atom stereocenters. The zero-order chi connectivity index (χ0) is 10.6. The Morgan fingerprint density at radius 1 is 1.64 bits per heavy atom. The fraction of sp³-hybridized carbons (Fsp3) is 0. The van der Waals surface area contributed by atoms with Crippen molar-refractivity contribution in [3.05, 3.63) is 45.0 Å². The minimum absolute atomic E-state index is 0.00880. The van der Waals surface area contributed by atoms with E-state index >= 15 is 0 Å². The average molecular weight is 209 g/mol. The number of nitro benzene ring substituents is 1. The van der Waals surface area contributed by atoms with Crippen molar-refractivity contribution in [1.29, 1.82) is 5.26 Å². The van der Waals surface area contributed by atoms with Gasteiger partial charge in [0.2, 0.25) is 0 Å². The van der Waals surface area contributed by atoms with Gasteiger partial charge in [-0.3, -0.25) is 10.1 Å². The summed E-state index contributed by atoms with van der Waals surface area (Å²) in [5, 5.41) is 18.8. The Morgan fingerprint density at radius 3 is 2.93 bits per heavy atom. The minimum Gasteiger partial charge on any atom is -0.258 e. The number of nitrogens with zero attached hydrogens (tertiary/aromatic N) is 2. The van der Waals surface area contributed by atoms with Crippen LogP contribution in [0.2, 0.25) is 0 Å². The summed E-state index contributed by atoms with van der Waals surface area (Å²) >= 11 is 5.46. The van der Waals surface area contributed by atoms with Crippen molar-refractivity contribution in [3.8, 4) is 6.07 Å². The Hall–Kier alpha value is -1.86. The van der Waals surface area contributed by atoms with Crippen molar-refractivity contribution in [2.75, 3.05) is 0 Å². The van der Waals surface area contributed by atoms with E-state index in [-0.39, 0.29) is 10.7 Å². The van der Waals surface area contributed by atoms with Gasteiger partial charge in [-0.05, 0) is 11.6 Å². The van der Waals surface area contributed by atoms with E-state index in [0.29, 0.717) is 5.56 Å². The zero-order valence-corrected chi connectivity index (χ0v) is 7.73. The van der Waals surface area contributed by atoms with Gasteiger partial charge in [0, 0.05) is 12.1 Å². The van der Waals surface area contributed by atoms with Crippen molar-refractivity contribution in [1.82, 2.24) is 0 Å². The highest BCUT2D eigenvalue weighted by Crippen LogP contribution is 2.16. The number of hydrogen-bond donors (Lipinski definition) is 0. The number of benzene rings is 1. The number of allylic oxidation sites excluding steroid dienone is 1. The number of non-ortho nitro benzene ring substituents is 1. The lowest BCUT2D eigenvalue weighted by Gasteiger charge is -1.93. The van der Waals surface area contributed by atoms with Gasteiger partial charge in [0.15, 0.2) is 0 Å². The predicted octanol–water partition coefficient (Wildman–Crippen LogP) is 2.70. The molecular formula is C9H5ClN2O2. The van der Waals surface area contributed by atoms with Gasteiger partial charge in [-0.2, -0.15) is 5.26 Å². The van der Waals surface area contributed by atoms with Crippen LogP contribution in [-0.4, -0.2) is 4.92 Å². The molecule has 0 aliphatic carbocycles. The van der Waals surface area contributed by atoms with Gasteiger partial charge in [0.05, 0.1) is 4.92 Å². The first-order chi connectivity index (χ1) is 6.63. The van der Waals surface area contributed by atoms with E-state index in [1.54, 1.807) is 12.1 Å². The second-order valence-corrected chi connectivity index (χ2v) is 2.86. The number of hydrogen-bond acceptors (Lipinski definition) is 3. The summed E-state index contributed by atoms with van der Waals surface area (Å²) < 4.78 is 0. The van der Waals surface area contributed by atoms with Gasteiger partial charge in [0.25, 0.3) is 5.69 Å². The van der Waals surface area contributed by atoms with Crippen LogP contribution in [0.5, 0.6) is 0 Å². The maximum absolute atomic E-state index is 10.4. The lowest BCUT2D eigenvalue weighted by atomic mass is 10.2. The fourth-order valence-corrected chi connectivity index (χ4v) is 1.03. The summed E-state index contributed by atoms with van der Waals surface area (Å²) in [5.41, 5.74) is 0.506. The third kappa shape index (κ3) is 2.57. The van der Waals surface area contributed by atoms with Crippen molar-refractivity contribution in [2.45, 2.75) is 0 Å². The molecule has 5 heteroatoms. The van der Waals surface area contributed by atoms with E-state index in [2.05, 4.69) is 0 Å².